The van der Waals surface area contributed by atoms with Crippen LogP contribution in [0, 0.1) is 20.8 Å². The van der Waals surface area contributed by atoms with Crippen LogP contribution >= 0.6 is 11.3 Å². The minimum atomic E-state index is 0.00634. The van der Waals surface area contributed by atoms with E-state index in [0.717, 1.165) is 0 Å². The normalized spacial score (nSPS) is 12.8. The third kappa shape index (κ3) is 2.04. The zero-order chi connectivity index (χ0) is 11.7. The van der Waals surface area contributed by atoms with Gasteiger partial charge in [0.2, 0.25) is 0 Å². The molecule has 1 nitrogen and oxygen atoms in total. The fourth-order valence-corrected chi connectivity index (χ4v) is 3.00. The molecule has 0 saturated carbocycles. The Morgan fingerprint density at radius 2 is 1.75 bits per heavy atom. The molecule has 0 aliphatic rings. The van der Waals surface area contributed by atoms with Crippen molar-refractivity contribution in [2.75, 3.05) is 0 Å². The highest BCUT2D eigenvalue weighted by Gasteiger charge is 2.14. The van der Waals surface area contributed by atoms with Gasteiger partial charge in [0.1, 0.15) is 0 Å². The Morgan fingerprint density at radius 1 is 1.12 bits per heavy atom. The molecule has 2 N–H and O–H groups in total. The predicted octanol–water partition coefficient (Wildman–Crippen LogP) is 3.72. The molecule has 16 heavy (non-hydrogen) atoms. The summed E-state index contributed by atoms with van der Waals surface area (Å²) in [7, 11) is 0. The first-order valence-corrected chi connectivity index (χ1v) is 6.39. The first-order chi connectivity index (χ1) is 7.59. The molecule has 0 spiro atoms. The second-order valence-corrected chi connectivity index (χ2v) is 5.13. The van der Waals surface area contributed by atoms with Crippen LogP contribution in [0.4, 0.5) is 0 Å². The highest BCUT2D eigenvalue weighted by molar-refractivity contribution is 7.08. The Balaban J connectivity index is 2.48. The van der Waals surface area contributed by atoms with Crippen molar-refractivity contribution in [2.45, 2.75) is 26.8 Å². The molecule has 1 aromatic carbocycles. The first-order valence-electron chi connectivity index (χ1n) is 5.45. The summed E-state index contributed by atoms with van der Waals surface area (Å²) in [5.41, 5.74) is 12.7. The average Bonchev–Trinajstić information content (AvgIpc) is 2.67. The van der Waals surface area contributed by atoms with Crippen molar-refractivity contribution in [2.24, 2.45) is 5.73 Å². The van der Waals surface area contributed by atoms with E-state index in [2.05, 4.69) is 49.7 Å². The van der Waals surface area contributed by atoms with Crippen LogP contribution in [-0.4, -0.2) is 0 Å². The molecule has 0 amide bonds. The van der Waals surface area contributed by atoms with E-state index in [-0.39, 0.29) is 6.04 Å². The Labute approximate surface area is 101 Å². The van der Waals surface area contributed by atoms with E-state index in [4.69, 9.17) is 5.73 Å². The molecule has 2 heteroatoms. The molecule has 0 fully saturated rings. The lowest BCUT2D eigenvalue weighted by molar-refractivity contribution is 0.855. The van der Waals surface area contributed by atoms with Gasteiger partial charge in [-0.1, -0.05) is 17.7 Å². The van der Waals surface area contributed by atoms with Gasteiger partial charge in [-0.2, -0.15) is 11.3 Å². The van der Waals surface area contributed by atoms with Crippen molar-refractivity contribution in [1.29, 1.82) is 0 Å². The molecular weight excluding hydrogens is 214 g/mol. The summed E-state index contributed by atoms with van der Waals surface area (Å²) in [6.07, 6.45) is 0. The van der Waals surface area contributed by atoms with Crippen LogP contribution in [0.2, 0.25) is 0 Å². The minimum absolute atomic E-state index is 0.00634. The molecule has 1 atom stereocenters. The third-order valence-electron chi connectivity index (χ3n) is 2.95. The van der Waals surface area contributed by atoms with Gasteiger partial charge in [-0.25, -0.2) is 0 Å². The third-order valence-corrected chi connectivity index (χ3v) is 3.65. The maximum Gasteiger partial charge on any atom is 0.0565 e. The van der Waals surface area contributed by atoms with Gasteiger partial charge in [0, 0.05) is 0 Å². The van der Waals surface area contributed by atoms with E-state index in [9.17, 15) is 0 Å². The number of thiophene rings is 1. The van der Waals surface area contributed by atoms with Gasteiger partial charge in [-0.3, -0.25) is 0 Å². The van der Waals surface area contributed by atoms with Crippen molar-refractivity contribution < 1.29 is 0 Å². The minimum Gasteiger partial charge on any atom is -0.320 e. The smallest absolute Gasteiger partial charge is 0.0565 e. The maximum absolute atomic E-state index is 6.32. The Kier molecular flexibility index (Phi) is 3.13. The van der Waals surface area contributed by atoms with Crippen LogP contribution in [0.3, 0.4) is 0 Å². The van der Waals surface area contributed by atoms with Gasteiger partial charge >= 0.3 is 0 Å². The lowest BCUT2D eigenvalue weighted by Crippen LogP contribution is -2.14. The lowest BCUT2D eigenvalue weighted by Gasteiger charge is -2.17. The topological polar surface area (TPSA) is 26.0 Å². The van der Waals surface area contributed by atoms with Gasteiger partial charge < -0.3 is 5.73 Å². The number of hydrogen-bond donors (Lipinski definition) is 1. The molecule has 0 aliphatic carbocycles. The molecule has 0 radical (unpaired) electrons. The van der Waals surface area contributed by atoms with Crippen LogP contribution in [0.1, 0.15) is 33.9 Å². The van der Waals surface area contributed by atoms with Crippen molar-refractivity contribution in [3.8, 4) is 0 Å². The average molecular weight is 231 g/mol. The van der Waals surface area contributed by atoms with Crippen LogP contribution in [-0.2, 0) is 0 Å². The monoisotopic (exact) mass is 231 g/mol. The second kappa shape index (κ2) is 4.40. The fraction of sp³-hybridized carbons (Fsp3) is 0.286. The summed E-state index contributed by atoms with van der Waals surface area (Å²) in [6.45, 7) is 6.41. The standard InChI is InChI=1S/C14H17NS/c1-9-6-10(2)13(11(3)7-9)14(15)12-4-5-16-8-12/h4-8,14H,15H2,1-3H3/t14-/m0/s1. The molecule has 1 heterocycles. The molecule has 84 valence electrons. The van der Waals surface area contributed by atoms with Gasteiger partial charge in [0.15, 0.2) is 0 Å². The van der Waals surface area contributed by atoms with E-state index in [1.165, 1.54) is 27.8 Å². The number of nitrogens with two attached hydrogens (primary N) is 1. The summed E-state index contributed by atoms with van der Waals surface area (Å²) in [5, 5.41) is 4.21. The van der Waals surface area contributed by atoms with Gasteiger partial charge in [-0.05, 0) is 59.9 Å². The van der Waals surface area contributed by atoms with Crippen molar-refractivity contribution >= 4 is 11.3 Å². The largest absolute Gasteiger partial charge is 0.320 e. The molecule has 1 aromatic heterocycles. The van der Waals surface area contributed by atoms with Crippen LogP contribution in [0.25, 0.3) is 0 Å². The molecule has 2 aromatic rings. The number of benzene rings is 1. The Bertz CT molecular complexity index is 462. The summed E-state index contributed by atoms with van der Waals surface area (Å²) in [5.74, 6) is 0. The molecule has 0 aliphatic heterocycles. The van der Waals surface area contributed by atoms with E-state index in [1.54, 1.807) is 11.3 Å². The highest BCUT2D eigenvalue weighted by atomic mass is 32.1. The van der Waals surface area contributed by atoms with Gasteiger partial charge in [0.05, 0.1) is 6.04 Å². The second-order valence-electron chi connectivity index (χ2n) is 4.35. The SMILES string of the molecule is Cc1cc(C)c([C@@H](N)c2ccsc2)c(C)c1. The number of aryl methyl sites for hydroxylation is 3. The van der Waals surface area contributed by atoms with E-state index >= 15 is 0 Å². The Morgan fingerprint density at radius 3 is 2.25 bits per heavy atom. The summed E-state index contributed by atoms with van der Waals surface area (Å²) in [4.78, 5) is 0. The van der Waals surface area contributed by atoms with Crippen molar-refractivity contribution in [3.05, 3.63) is 56.8 Å². The quantitative estimate of drug-likeness (QED) is 0.837. The van der Waals surface area contributed by atoms with E-state index in [1.807, 2.05) is 0 Å². The van der Waals surface area contributed by atoms with Crippen molar-refractivity contribution in [3.63, 3.8) is 0 Å². The Hall–Kier alpha value is -1.12. The fourth-order valence-electron chi connectivity index (χ4n) is 2.30. The first kappa shape index (κ1) is 11.4. The van der Waals surface area contributed by atoms with Crippen LogP contribution < -0.4 is 5.73 Å². The van der Waals surface area contributed by atoms with E-state index < -0.39 is 0 Å². The lowest BCUT2D eigenvalue weighted by atomic mass is 9.92. The van der Waals surface area contributed by atoms with Gasteiger partial charge in [-0.15, -0.1) is 0 Å². The van der Waals surface area contributed by atoms with E-state index in [0.29, 0.717) is 0 Å². The summed E-state index contributed by atoms with van der Waals surface area (Å²) < 4.78 is 0. The molecule has 2 rings (SSSR count). The zero-order valence-corrected chi connectivity index (χ0v) is 10.8. The zero-order valence-electron chi connectivity index (χ0n) is 9.95. The molecular formula is C14H17NS. The number of hydrogen-bond acceptors (Lipinski definition) is 2. The predicted molar refractivity (Wildman–Crippen MR) is 71.0 cm³/mol. The molecule has 0 unspecified atom stereocenters. The number of rotatable bonds is 2. The van der Waals surface area contributed by atoms with Gasteiger partial charge in [0.25, 0.3) is 0 Å². The summed E-state index contributed by atoms with van der Waals surface area (Å²) in [6, 6.07) is 6.52. The van der Waals surface area contributed by atoms with Crippen LogP contribution in [0.5, 0.6) is 0 Å². The van der Waals surface area contributed by atoms with Crippen molar-refractivity contribution in [1.82, 2.24) is 0 Å². The highest BCUT2D eigenvalue weighted by Crippen LogP contribution is 2.27. The maximum atomic E-state index is 6.32. The molecule has 0 bridgehead atoms. The van der Waals surface area contributed by atoms with Crippen LogP contribution in [0.15, 0.2) is 29.0 Å². The molecule has 0 saturated heterocycles. The summed E-state index contributed by atoms with van der Waals surface area (Å²) >= 11 is 1.70.